The van der Waals surface area contributed by atoms with E-state index in [1.165, 1.54) is 0 Å². The van der Waals surface area contributed by atoms with Crippen LogP contribution in [0, 0.1) is 0 Å². The van der Waals surface area contributed by atoms with Crippen LogP contribution >= 0.6 is 15.9 Å². The van der Waals surface area contributed by atoms with E-state index < -0.39 is 0 Å². The van der Waals surface area contributed by atoms with E-state index in [0.717, 1.165) is 28.7 Å². The van der Waals surface area contributed by atoms with Crippen LogP contribution < -0.4 is 10.7 Å². The summed E-state index contributed by atoms with van der Waals surface area (Å²) in [4.78, 5) is 11.5. The molecule has 0 saturated carbocycles. The average Bonchev–Trinajstić information content (AvgIpc) is 2.34. The number of anilines is 1. The quantitative estimate of drug-likeness (QED) is 0.626. The van der Waals surface area contributed by atoms with Crippen molar-refractivity contribution in [2.75, 3.05) is 11.9 Å². The van der Waals surface area contributed by atoms with Gasteiger partial charge < -0.3 is 5.32 Å². The van der Waals surface area contributed by atoms with Gasteiger partial charge in [-0.15, -0.1) is 0 Å². The third-order valence-electron chi connectivity index (χ3n) is 2.26. The smallest absolute Gasteiger partial charge is 0.259 e. The maximum atomic E-state index is 11.5. The van der Waals surface area contributed by atoms with Gasteiger partial charge in [0.2, 0.25) is 0 Å². The fourth-order valence-corrected chi connectivity index (χ4v) is 1.80. The molecule has 0 aromatic heterocycles. The molecule has 0 saturated heterocycles. The number of nitrogens with one attached hydrogen (secondary N) is 2. The number of hydrogen-bond acceptors (Lipinski definition) is 3. The number of hydrogen-bond donors (Lipinski definition) is 2. The highest BCUT2D eigenvalue weighted by Gasteiger charge is 2.00. The molecule has 0 fully saturated rings. The van der Waals surface area contributed by atoms with Crippen LogP contribution in [-0.4, -0.2) is 18.2 Å². The lowest BCUT2D eigenvalue weighted by Gasteiger charge is -2.06. The van der Waals surface area contributed by atoms with Crippen molar-refractivity contribution >= 4 is 33.2 Å². The Morgan fingerprint density at radius 3 is 2.89 bits per heavy atom. The highest BCUT2D eigenvalue weighted by atomic mass is 79.9. The molecule has 0 aliphatic rings. The molecule has 18 heavy (non-hydrogen) atoms. The lowest BCUT2D eigenvalue weighted by atomic mass is 10.2. The SMILES string of the molecule is CCC/C(C)=N\NC(=O)CNc1cccc(Br)c1. The summed E-state index contributed by atoms with van der Waals surface area (Å²) in [6.45, 7) is 4.19. The number of rotatable bonds is 6. The van der Waals surface area contributed by atoms with Gasteiger partial charge in [-0.05, 0) is 31.5 Å². The zero-order valence-corrected chi connectivity index (χ0v) is 12.3. The molecule has 98 valence electrons. The molecule has 5 heteroatoms. The summed E-state index contributed by atoms with van der Waals surface area (Å²) in [7, 11) is 0. The highest BCUT2D eigenvalue weighted by Crippen LogP contribution is 2.15. The molecule has 0 unspecified atom stereocenters. The highest BCUT2D eigenvalue weighted by molar-refractivity contribution is 9.10. The second-order valence-corrected chi connectivity index (χ2v) is 4.91. The maximum Gasteiger partial charge on any atom is 0.259 e. The van der Waals surface area contributed by atoms with E-state index in [0.29, 0.717) is 0 Å². The molecule has 0 aliphatic heterocycles. The van der Waals surface area contributed by atoms with E-state index in [9.17, 15) is 4.79 Å². The summed E-state index contributed by atoms with van der Waals surface area (Å²) in [5.74, 6) is -0.148. The Balaban J connectivity index is 2.35. The molecule has 1 aromatic rings. The van der Waals surface area contributed by atoms with Gasteiger partial charge in [0.1, 0.15) is 0 Å². The Morgan fingerprint density at radius 2 is 2.22 bits per heavy atom. The topological polar surface area (TPSA) is 53.5 Å². The first-order valence-electron chi connectivity index (χ1n) is 5.93. The lowest BCUT2D eigenvalue weighted by Crippen LogP contribution is -2.26. The van der Waals surface area contributed by atoms with Gasteiger partial charge in [-0.25, -0.2) is 5.43 Å². The molecular formula is C13H18BrN3O. The number of carbonyl (C=O) groups is 1. The summed E-state index contributed by atoms with van der Waals surface area (Å²) >= 11 is 3.37. The Morgan fingerprint density at radius 1 is 1.44 bits per heavy atom. The van der Waals surface area contributed by atoms with Crippen LogP contribution in [0.3, 0.4) is 0 Å². The molecule has 0 atom stereocenters. The molecular weight excluding hydrogens is 294 g/mol. The number of amides is 1. The third kappa shape index (κ3) is 5.82. The van der Waals surface area contributed by atoms with Gasteiger partial charge in [0.05, 0.1) is 6.54 Å². The summed E-state index contributed by atoms with van der Waals surface area (Å²) in [6, 6.07) is 7.67. The molecule has 0 radical (unpaired) electrons. The molecule has 1 rings (SSSR count). The molecule has 0 heterocycles. The first-order valence-corrected chi connectivity index (χ1v) is 6.72. The zero-order chi connectivity index (χ0) is 13.4. The fourth-order valence-electron chi connectivity index (χ4n) is 1.40. The predicted octanol–water partition coefficient (Wildman–Crippen LogP) is 3.15. The van der Waals surface area contributed by atoms with Crippen LogP contribution in [0.1, 0.15) is 26.7 Å². The van der Waals surface area contributed by atoms with Gasteiger partial charge in [0.15, 0.2) is 0 Å². The van der Waals surface area contributed by atoms with Gasteiger partial charge in [-0.2, -0.15) is 5.10 Å². The summed E-state index contributed by atoms with van der Waals surface area (Å²) in [5, 5.41) is 7.04. The van der Waals surface area contributed by atoms with Gasteiger partial charge >= 0.3 is 0 Å². The minimum Gasteiger partial charge on any atom is -0.376 e. The van der Waals surface area contributed by atoms with E-state index in [4.69, 9.17) is 0 Å². The maximum absolute atomic E-state index is 11.5. The van der Waals surface area contributed by atoms with E-state index in [1.807, 2.05) is 31.2 Å². The number of benzene rings is 1. The molecule has 2 N–H and O–H groups in total. The van der Waals surface area contributed by atoms with E-state index in [1.54, 1.807) is 0 Å². The molecule has 0 aliphatic carbocycles. The predicted molar refractivity (Wildman–Crippen MR) is 78.8 cm³/mol. The zero-order valence-electron chi connectivity index (χ0n) is 10.7. The minimum absolute atomic E-state index is 0.148. The lowest BCUT2D eigenvalue weighted by molar-refractivity contribution is -0.119. The summed E-state index contributed by atoms with van der Waals surface area (Å²) < 4.78 is 0.977. The van der Waals surface area contributed by atoms with Crippen molar-refractivity contribution in [3.05, 3.63) is 28.7 Å². The molecule has 0 spiro atoms. The molecule has 0 bridgehead atoms. The fraction of sp³-hybridized carbons (Fsp3) is 0.385. The van der Waals surface area contributed by atoms with Crippen molar-refractivity contribution in [1.82, 2.24) is 5.43 Å². The number of halogens is 1. The minimum atomic E-state index is -0.148. The van der Waals surface area contributed by atoms with Gasteiger partial charge in [-0.1, -0.05) is 35.3 Å². The van der Waals surface area contributed by atoms with Crippen LogP contribution in [0.5, 0.6) is 0 Å². The van der Waals surface area contributed by atoms with Crippen LogP contribution in [0.15, 0.2) is 33.8 Å². The summed E-state index contributed by atoms with van der Waals surface area (Å²) in [6.07, 6.45) is 1.93. The average molecular weight is 312 g/mol. The Kier molecular flexibility index (Phi) is 6.43. The van der Waals surface area contributed by atoms with E-state index in [2.05, 4.69) is 38.7 Å². The van der Waals surface area contributed by atoms with Crippen molar-refractivity contribution in [3.8, 4) is 0 Å². The van der Waals surface area contributed by atoms with Crippen molar-refractivity contribution in [1.29, 1.82) is 0 Å². The second kappa shape index (κ2) is 7.87. The number of nitrogens with zero attached hydrogens (tertiary/aromatic N) is 1. The standard InChI is InChI=1S/C13H18BrN3O/c1-3-5-10(2)16-17-13(18)9-15-12-7-4-6-11(14)8-12/h4,6-8,15H,3,5,9H2,1-2H3,(H,17,18)/b16-10-. The van der Waals surface area contributed by atoms with Gasteiger partial charge in [0, 0.05) is 15.9 Å². The first kappa shape index (κ1) is 14.7. The first-order chi connectivity index (χ1) is 8.61. The summed E-state index contributed by atoms with van der Waals surface area (Å²) in [5.41, 5.74) is 4.36. The molecule has 4 nitrogen and oxygen atoms in total. The van der Waals surface area contributed by atoms with Crippen molar-refractivity contribution in [2.45, 2.75) is 26.7 Å². The van der Waals surface area contributed by atoms with Crippen LogP contribution in [0.25, 0.3) is 0 Å². The van der Waals surface area contributed by atoms with Crippen LogP contribution in [0.4, 0.5) is 5.69 Å². The number of hydrazone groups is 1. The second-order valence-electron chi connectivity index (χ2n) is 4.00. The molecule has 1 amide bonds. The Hall–Kier alpha value is -1.36. The van der Waals surface area contributed by atoms with Crippen molar-refractivity contribution < 1.29 is 4.79 Å². The molecule has 1 aromatic carbocycles. The van der Waals surface area contributed by atoms with Crippen LogP contribution in [0.2, 0.25) is 0 Å². The van der Waals surface area contributed by atoms with E-state index in [-0.39, 0.29) is 12.5 Å². The van der Waals surface area contributed by atoms with Gasteiger partial charge in [0.25, 0.3) is 5.91 Å². The Labute approximate surface area is 116 Å². The van der Waals surface area contributed by atoms with E-state index >= 15 is 0 Å². The Bertz CT molecular complexity index is 432. The third-order valence-corrected chi connectivity index (χ3v) is 2.75. The monoisotopic (exact) mass is 311 g/mol. The van der Waals surface area contributed by atoms with Crippen molar-refractivity contribution in [2.24, 2.45) is 5.10 Å². The largest absolute Gasteiger partial charge is 0.376 e. The number of carbonyl (C=O) groups excluding carboxylic acids is 1. The normalized spacial score (nSPS) is 11.2. The van der Waals surface area contributed by atoms with Gasteiger partial charge in [-0.3, -0.25) is 4.79 Å². The van der Waals surface area contributed by atoms with Crippen LogP contribution in [-0.2, 0) is 4.79 Å². The van der Waals surface area contributed by atoms with Crippen molar-refractivity contribution in [3.63, 3.8) is 0 Å².